The van der Waals surface area contributed by atoms with Gasteiger partial charge in [-0.1, -0.05) is 18.2 Å². The molecule has 2 aromatic carbocycles. The van der Waals surface area contributed by atoms with Gasteiger partial charge in [0, 0.05) is 6.54 Å². The van der Waals surface area contributed by atoms with Crippen molar-refractivity contribution in [3.63, 3.8) is 0 Å². The molecule has 5 nitrogen and oxygen atoms in total. The zero-order chi connectivity index (χ0) is 20.7. The third kappa shape index (κ3) is 5.18. The van der Waals surface area contributed by atoms with E-state index in [1.807, 2.05) is 6.07 Å². The summed E-state index contributed by atoms with van der Waals surface area (Å²) < 4.78 is 48.3. The van der Waals surface area contributed by atoms with E-state index in [2.05, 4.69) is 5.32 Å². The third-order valence-electron chi connectivity index (χ3n) is 4.04. The number of aliphatic hydroxyl groups excluding tert-OH is 1. The van der Waals surface area contributed by atoms with Crippen LogP contribution in [-0.4, -0.2) is 31.8 Å². The number of methoxy groups -OCH3 is 2. The second-order valence-electron chi connectivity index (χ2n) is 5.81. The number of amides is 1. The predicted molar refractivity (Wildman–Crippen MR) is 98.3 cm³/mol. The van der Waals surface area contributed by atoms with Crippen molar-refractivity contribution >= 4 is 11.5 Å². The Balaban J connectivity index is 1.99. The number of halogens is 3. The molecule has 0 aromatic heterocycles. The SMILES string of the molecule is COc1ccc(CCNC(=O)C(=CO)c2ccc(C(F)(F)F)cc2)cc1OC. The minimum absolute atomic E-state index is 0.124. The number of hydrogen-bond donors (Lipinski definition) is 2. The topological polar surface area (TPSA) is 67.8 Å². The van der Waals surface area contributed by atoms with Crippen molar-refractivity contribution < 1.29 is 32.5 Å². The Morgan fingerprint density at radius 3 is 2.25 bits per heavy atom. The Morgan fingerprint density at radius 1 is 1.07 bits per heavy atom. The molecule has 0 aliphatic rings. The van der Waals surface area contributed by atoms with Crippen LogP contribution in [0.1, 0.15) is 16.7 Å². The summed E-state index contributed by atoms with van der Waals surface area (Å²) in [6, 6.07) is 9.34. The van der Waals surface area contributed by atoms with Gasteiger partial charge < -0.3 is 19.9 Å². The van der Waals surface area contributed by atoms with E-state index in [9.17, 15) is 23.1 Å². The normalized spacial score (nSPS) is 11.8. The number of alkyl halides is 3. The number of nitrogens with one attached hydrogen (secondary N) is 1. The zero-order valence-corrected chi connectivity index (χ0v) is 15.3. The molecule has 0 saturated heterocycles. The maximum atomic E-state index is 12.6. The maximum Gasteiger partial charge on any atom is 0.416 e. The Labute approximate surface area is 160 Å². The minimum atomic E-state index is -4.47. The zero-order valence-electron chi connectivity index (χ0n) is 15.3. The summed E-state index contributed by atoms with van der Waals surface area (Å²) >= 11 is 0. The smallest absolute Gasteiger partial charge is 0.416 e. The van der Waals surface area contributed by atoms with Crippen LogP contribution in [0.3, 0.4) is 0 Å². The van der Waals surface area contributed by atoms with Crippen molar-refractivity contribution in [2.45, 2.75) is 12.6 Å². The van der Waals surface area contributed by atoms with Crippen LogP contribution in [0.5, 0.6) is 11.5 Å². The fourth-order valence-electron chi connectivity index (χ4n) is 2.55. The summed E-state index contributed by atoms with van der Waals surface area (Å²) in [7, 11) is 3.05. The maximum absolute atomic E-state index is 12.6. The van der Waals surface area contributed by atoms with Crippen molar-refractivity contribution in [2.24, 2.45) is 0 Å². The number of ether oxygens (including phenoxy) is 2. The molecule has 0 aliphatic heterocycles. The fraction of sp³-hybridized carbons (Fsp3) is 0.250. The molecule has 0 bridgehead atoms. The Hall–Kier alpha value is -3.16. The lowest BCUT2D eigenvalue weighted by molar-refractivity contribution is -0.137. The summed E-state index contributed by atoms with van der Waals surface area (Å²) in [5, 5.41) is 12.0. The highest BCUT2D eigenvalue weighted by Crippen LogP contribution is 2.30. The Morgan fingerprint density at radius 2 is 1.71 bits per heavy atom. The van der Waals surface area contributed by atoms with Gasteiger partial charge >= 0.3 is 6.18 Å². The number of rotatable bonds is 7. The van der Waals surface area contributed by atoms with Gasteiger partial charge in [0.2, 0.25) is 0 Å². The summed E-state index contributed by atoms with van der Waals surface area (Å²) in [6.45, 7) is 0.256. The highest BCUT2D eigenvalue weighted by atomic mass is 19.4. The molecule has 8 heteroatoms. The van der Waals surface area contributed by atoms with Crippen molar-refractivity contribution in [3.8, 4) is 11.5 Å². The summed E-state index contributed by atoms with van der Waals surface area (Å²) in [5.41, 5.74) is 0.115. The van der Waals surface area contributed by atoms with Gasteiger partial charge in [-0.15, -0.1) is 0 Å². The van der Waals surface area contributed by atoms with Crippen LogP contribution >= 0.6 is 0 Å². The van der Waals surface area contributed by atoms with Crippen LogP contribution < -0.4 is 14.8 Å². The summed E-state index contributed by atoms with van der Waals surface area (Å²) in [4.78, 5) is 12.3. The lowest BCUT2D eigenvalue weighted by atomic mass is 10.0. The van der Waals surface area contributed by atoms with Gasteiger partial charge in [-0.25, -0.2) is 0 Å². The second kappa shape index (κ2) is 9.16. The number of benzene rings is 2. The lowest BCUT2D eigenvalue weighted by Crippen LogP contribution is -2.26. The molecule has 0 radical (unpaired) electrons. The molecule has 0 fully saturated rings. The van der Waals surface area contributed by atoms with Gasteiger partial charge in [0.05, 0.1) is 31.6 Å². The highest BCUT2D eigenvalue weighted by molar-refractivity contribution is 6.19. The number of carbonyl (C=O) groups excluding carboxylic acids is 1. The third-order valence-corrected chi connectivity index (χ3v) is 4.04. The molecular weight excluding hydrogens is 375 g/mol. The van der Waals surface area contributed by atoms with Gasteiger partial charge in [0.1, 0.15) is 0 Å². The van der Waals surface area contributed by atoms with Crippen molar-refractivity contribution in [2.75, 3.05) is 20.8 Å². The number of aliphatic hydroxyl groups is 1. The quantitative estimate of drug-likeness (QED) is 0.550. The van der Waals surface area contributed by atoms with Gasteiger partial charge in [-0.2, -0.15) is 13.2 Å². The molecule has 1 amide bonds. The van der Waals surface area contributed by atoms with Gasteiger partial charge in [-0.05, 0) is 41.8 Å². The van der Waals surface area contributed by atoms with E-state index in [0.29, 0.717) is 24.2 Å². The van der Waals surface area contributed by atoms with Gasteiger partial charge in [0.25, 0.3) is 5.91 Å². The lowest BCUT2D eigenvalue weighted by Gasteiger charge is -2.11. The van der Waals surface area contributed by atoms with E-state index in [0.717, 1.165) is 29.8 Å². The molecule has 2 rings (SSSR count). The first kappa shape index (κ1) is 21.1. The molecule has 0 aliphatic carbocycles. The Bertz CT molecular complexity index is 846. The number of hydrogen-bond acceptors (Lipinski definition) is 4. The molecule has 0 unspecified atom stereocenters. The first-order chi connectivity index (χ1) is 13.3. The average molecular weight is 395 g/mol. The molecule has 0 spiro atoms. The van der Waals surface area contributed by atoms with Crippen LogP contribution in [0, 0.1) is 0 Å². The average Bonchev–Trinajstić information content (AvgIpc) is 2.68. The van der Waals surface area contributed by atoms with E-state index < -0.39 is 17.6 Å². The standard InChI is InChI=1S/C20H20F3NO4/c1-27-17-8-3-13(11-18(17)28-2)9-10-24-19(26)16(12-25)14-4-6-15(7-5-14)20(21,22)23/h3-8,11-12,25H,9-10H2,1-2H3,(H,24,26). The minimum Gasteiger partial charge on any atom is -0.515 e. The van der Waals surface area contributed by atoms with Crippen LogP contribution in [0.2, 0.25) is 0 Å². The first-order valence-corrected chi connectivity index (χ1v) is 8.31. The molecular formula is C20H20F3NO4. The van der Waals surface area contributed by atoms with Crippen molar-refractivity contribution in [3.05, 3.63) is 65.4 Å². The molecule has 150 valence electrons. The monoisotopic (exact) mass is 395 g/mol. The summed E-state index contributed by atoms with van der Waals surface area (Å²) in [5.74, 6) is 0.554. The first-order valence-electron chi connectivity index (χ1n) is 8.31. The van der Waals surface area contributed by atoms with E-state index in [1.165, 1.54) is 14.2 Å². The predicted octanol–water partition coefficient (Wildman–Crippen LogP) is 3.98. The molecule has 0 heterocycles. The van der Waals surface area contributed by atoms with E-state index >= 15 is 0 Å². The van der Waals surface area contributed by atoms with Crippen molar-refractivity contribution in [1.82, 2.24) is 5.32 Å². The van der Waals surface area contributed by atoms with E-state index in [-0.39, 0.29) is 17.7 Å². The molecule has 28 heavy (non-hydrogen) atoms. The summed E-state index contributed by atoms with van der Waals surface area (Å²) in [6.07, 6.45) is -3.41. The molecule has 0 atom stereocenters. The van der Waals surface area contributed by atoms with Crippen molar-refractivity contribution in [1.29, 1.82) is 0 Å². The van der Waals surface area contributed by atoms with Crippen LogP contribution in [0.4, 0.5) is 13.2 Å². The molecule has 2 aromatic rings. The second-order valence-corrected chi connectivity index (χ2v) is 5.81. The highest BCUT2D eigenvalue weighted by Gasteiger charge is 2.30. The van der Waals surface area contributed by atoms with Gasteiger partial charge in [0.15, 0.2) is 11.5 Å². The number of carbonyl (C=O) groups is 1. The molecule has 0 saturated carbocycles. The fourth-order valence-corrected chi connectivity index (χ4v) is 2.55. The van der Waals surface area contributed by atoms with Crippen LogP contribution in [-0.2, 0) is 17.4 Å². The van der Waals surface area contributed by atoms with E-state index in [4.69, 9.17) is 9.47 Å². The van der Waals surface area contributed by atoms with Crippen LogP contribution in [0.15, 0.2) is 48.7 Å². The van der Waals surface area contributed by atoms with E-state index in [1.54, 1.807) is 12.1 Å². The largest absolute Gasteiger partial charge is 0.515 e. The molecule has 2 N–H and O–H groups in total. The van der Waals surface area contributed by atoms with Crippen LogP contribution in [0.25, 0.3) is 5.57 Å². The van der Waals surface area contributed by atoms with Gasteiger partial charge in [-0.3, -0.25) is 4.79 Å². The Kier molecular flexibility index (Phi) is 6.92.